The van der Waals surface area contributed by atoms with Crippen molar-refractivity contribution in [2.75, 3.05) is 0 Å². The van der Waals surface area contributed by atoms with Crippen molar-refractivity contribution >= 4 is 0 Å². The minimum Gasteiger partial charge on any atom is -0.0622 e. The van der Waals surface area contributed by atoms with Crippen LogP contribution in [0.15, 0.2) is 212 Å². The highest BCUT2D eigenvalue weighted by Crippen LogP contribution is 2.65. The van der Waals surface area contributed by atoms with Gasteiger partial charge in [0.2, 0.25) is 0 Å². The van der Waals surface area contributed by atoms with Crippen molar-refractivity contribution in [1.29, 1.82) is 0 Å². The molecule has 0 heteroatoms. The Hall–Kier alpha value is -7.80. The van der Waals surface area contributed by atoms with Gasteiger partial charge >= 0.3 is 0 Å². The van der Waals surface area contributed by atoms with Crippen molar-refractivity contribution in [2.45, 2.75) is 83.0 Å². The summed E-state index contributed by atoms with van der Waals surface area (Å²) in [6.45, 7) is 17.6. The molecule has 0 spiro atoms. The molecule has 0 heterocycles. The number of benzene rings is 10. The molecule has 4 aliphatic rings. The average Bonchev–Trinajstić information content (AvgIpc) is 3.83. The molecule has 1 atom stereocenters. The van der Waals surface area contributed by atoms with Gasteiger partial charge in [0.1, 0.15) is 0 Å². The second-order valence-electron chi connectivity index (χ2n) is 23.6. The van der Waals surface area contributed by atoms with E-state index >= 15 is 0 Å². The highest BCUT2D eigenvalue weighted by molar-refractivity contribution is 6.02. The maximum absolute atomic E-state index is 2.69. The van der Waals surface area contributed by atoms with Crippen molar-refractivity contribution in [1.82, 2.24) is 0 Å². The van der Waals surface area contributed by atoms with Crippen LogP contribution in [0.3, 0.4) is 0 Å². The summed E-state index contributed by atoms with van der Waals surface area (Å²) in [5, 5.41) is 0. The second-order valence-corrected chi connectivity index (χ2v) is 23.6. The van der Waals surface area contributed by atoms with Crippen molar-refractivity contribution in [3.05, 3.63) is 251 Å². The lowest BCUT2D eigenvalue weighted by atomic mass is 9.59. The number of rotatable bonds is 5. The van der Waals surface area contributed by atoms with E-state index in [1.165, 1.54) is 134 Å². The Morgan fingerprint density at radius 2 is 0.658 bits per heavy atom. The van der Waals surface area contributed by atoms with Crippen LogP contribution in [-0.4, -0.2) is 0 Å². The summed E-state index contributed by atoms with van der Waals surface area (Å²) in [6, 6.07) is 81.3. The molecule has 4 aliphatic carbocycles. The predicted molar refractivity (Wildman–Crippen MR) is 308 cm³/mol. The van der Waals surface area contributed by atoms with Gasteiger partial charge in [0.15, 0.2) is 0 Å². The topological polar surface area (TPSA) is 0 Å². The fourth-order valence-electron chi connectivity index (χ4n) is 14.1. The SMILES string of the molecule is CC1(C)CCC(C)(C)c2c3c(cc(-c4ccccc4)c21)C1(C)c2ccccc2-c2cc(-c4ccccc4)cc(c2)-c2cc(-c4cc(-c5ccccc5)cc(-c5ccccc5)c4)cc4c2-c2cc1c-3cc2C4(C)C. The summed E-state index contributed by atoms with van der Waals surface area (Å²) in [4.78, 5) is 0. The van der Waals surface area contributed by atoms with Crippen molar-refractivity contribution < 1.29 is 0 Å². The summed E-state index contributed by atoms with van der Waals surface area (Å²) in [5.74, 6) is 0. The lowest BCUT2D eigenvalue weighted by molar-refractivity contribution is 0.333. The van der Waals surface area contributed by atoms with Gasteiger partial charge in [-0.1, -0.05) is 187 Å². The molecule has 1 unspecified atom stereocenters. The van der Waals surface area contributed by atoms with Crippen LogP contribution in [0.2, 0.25) is 0 Å². The summed E-state index contributed by atoms with van der Waals surface area (Å²) in [5.41, 5.74) is 32.4. The summed E-state index contributed by atoms with van der Waals surface area (Å²) in [7, 11) is 0. The van der Waals surface area contributed by atoms with E-state index < -0.39 is 5.41 Å². The summed E-state index contributed by atoms with van der Waals surface area (Å²) in [6.07, 6.45) is 2.29. The van der Waals surface area contributed by atoms with Crippen molar-refractivity contribution in [2.24, 2.45) is 0 Å². The Balaban J connectivity index is 1.13. The van der Waals surface area contributed by atoms with Gasteiger partial charge in [0, 0.05) is 10.8 Å². The van der Waals surface area contributed by atoms with Crippen LogP contribution in [0, 0.1) is 0 Å². The van der Waals surface area contributed by atoms with Crippen LogP contribution in [0.1, 0.15) is 100 Å². The quantitative estimate of drug-likeness (QED) is 0.161. The van der Waals surface area contributed by atoms with Crippen LogP contribution in [-0.2, 0) is 21.7 Å². The minimum atomic E-state index is -0.474. The highest BCUT2D eigenvalue weighted by Gasteiger charge is 2.51. The largest absolute Gasteiger partial charge is 0.0622 e. The first-order valence-corrected chi connectivity index (χ1v) is 26.5. The average molecular weight is 937 g/mol. The van der Waals surface area contributed by atoms with Crippen LogP contribution in [0.25, 0.3) is 100 Å². The Morgan fingerprint density at radius 3 is 1.23 bits per heavy atom. The monoisotopic (exact) mass is 936 g/mol. The second kappa shape index (κ2) is 15.6. The van der Waals surface area contributed by atoms with Crippen LogP contribution in [0.5, 0.6) is 0 Å². The van der Waals surface area contributed by atoms with E-state index in [1.54, 1.807) is 5.56 Å². The number of hydrogen-bond acceptors (Lipinski definition) is 0. The molecule has 0 aromatic heterocycles. The number of hydrogen-bond donors (Lipinski definition) is 0. The third kappa shape index (κ3) is 6.45. The molecule has 0 amide bonds. The van der Waals surface area contributed by atoms with E-state index in [1.807, 2.05) is 0 Å². The van der Waals surface area contributed by atoms with Gasteiger partial charge in [0.25, 0.3) is 0 Å². The van der Waals surface area contributed by atoms with E-state index in [0.29, 0.717) is 0 Å². The van der Waals surface area contributed by atoms with Gasteiger partial charge in [-0.2, -0.15) is 0 Å². The Labute approximate surface area is 432 Å². The van der Waals surface area contributed by atoms with Crippen LogP contribution >= 0.6 is 0 Å². The molecule has 0 fully saturated rings. The molecule has 0 radical (unpaired) electrons. The third-order valence-electron chi connectivity index (χ3n) is 18.0. The Morgan fingerprint density at radius 1 is 0.247 bits per heavy atom. The smallest absolute Gasteiger partial charge is 0.0442 e. The molecule has 14 rings (SSSR count). The molecule has 10 aromatic carbocycles. The van der Waals surface area contributed by atoms with Gasteiger partial charge < -0.3 is 0 Å². The first-order chi connectivity index (χ1) is 35.3. The maximum Gasteiger partial charge on any atom is 0.0442 e. The molecule has 10 aromatic rings. The minimum absolute atomic E-state index is 0.00698. The van der Waals surface area contributed by atoms with Crippen LogP contribution in [0.4, 0.5) is 0 Å². The zero-order chi connectivity index (χ0) is 49.6. The fraction of sp³-hybridized carbons (Fsp3) is 0.178. The van der Waals surface area contributed by atoms with E-state index in [2.05, 4.69) is 261 Å². The molecule has 352 valence electrons. The molecular weight excluding hydrogens is 877 g/mol. The number of fused-ring (bicyclic) bond motifs is 11. The third-order valence-corrected chi connectivity index (χ3v) is 18.0. The summed E-state index contributed by atoms with van der Waals surface area (Å²) < 4.78 is 0. The molecule has 0 nitrogen and oxygen atoms in total. The van der Waals surface area contributed by atoms with E-state index in [4.69, 9.17) is 0 Å². The zero-order valence-electron chi connectivity index (χ0n) is 43.1. The Bertz CT molecular complexity index is 3850. The van der Waals surface area contributed by atoms with E-state index in [0.717, 1.165) is 12.8 Å². The van der Waals surface area contributed by atoms with Crippen molar-refractivity contribution in [3.63, 3.8) is 0 Å². The van der Waals surface area contributed by atoms with Crippen molar-refractivity contribution in [3.8, 4) is 100 Å². The van der Waals surface area contributed by atoms with Gasteiger partial charge in [-0.05, 0) is 236 Å². The van der Waals surface area contributed by atoms with Gasteiger partial charge in [-0.3, -0.25) is 0 Å². The van der Waals surface area contributed by atoms with Gasteiger partial charge in [-0.25, -0.2) is 0 Å². The first kappa shape index (κ1) is 43.9. The molecular formula is C73H60. The molecule has 73 heavy (non-hydrogen) atoms. The molecule has 4 bridgehead atoms. The fourth-order valence-corrected chi connectivity index (χ4v) is 14.1. The van der Waals surface area contributed by atoms with E-state index in [-0.39, 0.29) is 16.2 Å². The van der Waals surface area contributed by atoms with Gasteiger partial charge in [0.05, 0.1) is 0 Å². The lowest BCUT2D eigenvalue weighted by Crippen LogP contribution is -2.36. The van der Waals surface area contributed by atoms with Crippen LogP contribution < -0.4 is 0 Å². The predicted octanol–water partition coefficient (Wildman–Crippen LogP) is 19.7. The molecule has 0 saturated heterocycles. The van der Waals surface area contributed by atoms with Gasteiger partial charge in [-0.15, -0.1) is 0 Å². The normalized spacial score (nSPS) is 17.5. The molecule has 0 N–H and O–H groups in total. The standard InChI is InChI=1S/C73H60/c1-70(2)32-33-71(3,4)69-67-60-43-62-59-44-63(60)73(7,65(67)42-58(68(69)70)48-28-18-11-19-29-48)61-31-21-20-30-56(61)54-37-51(47-26-16-10-17-27-47)38-55(39-54)57-40-53(41-64(66(57)59)72(62,5)6)52-35-49(45-22-12-8-13-23-45)34-50(36-52)46-24-14-9-15-25-46/h8-31,34-44H,32-33H2,1-7H3. The molecule has 0 aliphatic heterocycles. The molecule has 0 saturated carbocycles. The maximum atomic E-state index is 2.69. The highest BCUT2D eigenvalue weighted by atomic mass is 14.5. The first-order valence-electron chi connectivity index (χ1n) is 26.5. The van der Waals surface area contributed by atoms with E-state index in [9.17, 15) is 0 Å². The lowest BCUT2D eigenvalue weighted by Gasteiger charge is -2.45. The Kier molecular flexibility index (Phi) is 9.39. The zero-order valence-corrected chi connectivity index (χ0v) is 43.1. The summed E-state index contributed by atoms with van der Waals surface area (Å²) >= 11 is 0.